The van der Waals surface area contributed by atoms with Crippen molar-refractivity contribution in [3.8, 4) is 6.07 Å². The third-order valence-electron chi connectivity index (χ3n) is 1.86. The third-order valence-corrected chi connectivity index (χ3v) is 3.57. The van der Waals surface area contributed by atoms with Crippen LogP contribution in [0.3, 0.4) is 0 Å². The first-order valence-electron chi connectivity index (χ1n) is 4.11. The van der Waals surface area contributed by atoms with E-state index in [1.165, 1.54) is 0 Å². The highest BCUT2D eigenvalue weighted by Gasteiger charge is 2.07. The Kier molecular flexibility index (Phi) is 4.53. The Labute approximate surface area is 97.2 Å². The smallest absolute Gasteiger partial charge is 0.186 e. The van der Waals surface area contributed by atoms with Crippen molar-refractivity contribution in [2.24, 2.45) is 5.16 Å². The van der Waals surface area contributed by atoms with E-state index in [4.69, 9.17) is 10.5 Å². The Morgan fingerprint density at radius 3 is 2.47 bits per heavy atom. The fraction of sp³-hybridized carbons (Fsp3) is 0.200. The molecule has 0 bridgehead atoms. The minimum absolute atomic E-state index is 0.0398. The van der Waals surface area contributed by atoms with Gasteiger partial charge in [-0.15, -0.1) is 23.5 Å². The molecular formula is C10H10N2OS2. The maximum Gasteiger partial charge on any atom is 0.186 e. The van der Waals surface area contributed by atoms with Crippen molar-refractivity contribution in [2.45, 2.75) is 9.79 Å². The first-order chi connectivity index (χ1) is 7.26. The number of nitriles is 1. The second-order valence-corrected chi connectivity index (χ2v) is 4.33. The van der Waals surface area contributed by atoms with Gasteiger partial charge in [0.15, 0.2) is 5.71 Å². The van der Waals surface area contributed by atoms with Crippen molar-refractivity contribution in [3.05, 3.63) is 23.8 Å². The topological polar surface area (TPSA) is 56.4 Å². The molecule has 1 aromatic rings. The molecule has 0 spiro atoms. The molecule has 78 valence electrons. The molecule has 3 nitrogen and oxygen atoms in total. The largest absolute Gasteiger partial charge is 0.410 e. The van der Waals surface area contributed by atoms with Gasteiger partial charge in [-0.1, -0.05) is 11.2 Å². The van der Waals surface area contributed by atoms with Gasteiger partial charge in [0.1, 0.15) is 6.07 Å². The minimum atomic E-state index is 0.0398. The molecule has 0 fully saturated rings. The van der Waals surface area contributed by atoms with E-state index in [0.29, 0.717) is 5.56 Å². The van der Waals surface area contributed by atoms with Gasteiger partial charge >= 0.3 is 0 Å². The van der Waals surface area contributed by atoms with Crippen molar-refractivity contribution in [1.29, 1.82) is 5.26 Å². The predicted molar refractivity (Wildman–Crippen MR) is 63.9 cm³/mol. The van der Waals surface area contributed by atoms with Gasteiger partial charge in [-0.05, 0) is 24.6 Å². The highest BCUT2D eigenvalue weighted by atomic mass is 32.2. The number of rotatable bonds is 3. The van der Waals surface area contributed by atoms with Gasteiger partial charge in [-0.25, -0.2) is 0 Å². The number of benzene rings is 1. The van der Waals surface area contributed by atoms with E-state index in [1.54, 1.807) is 29.6 Å². The van der Waals surface area contributed by atoms with Gasteiger partial charge in [0.2, 0.25) is 0 Å². The van der Waals surface area contributed by atoms with Crippen LogP contribution in [-0.4, -0.2) is 23.4 Å². The molecule has 1 N–H and O–H groups in total. The minimum Gasteiger partial charge on any atom is -0.410 e. The number of oxime groups is 1. The summed E-state index contributed by atoms with van der Waals surface area (Å²) in [7, 11) is 0. The molecule has 0 saturated heterocycles. The zero-order valence-electron chi connectivity index (χ0n) is 8.39. The highest BCUT2D eigenvalue weighted by molar-refractivity contribution is 8.01. The Morgan fingerprint density at radius 1 is 1.33 bits per heavy atom. The van der Waals surface area contributed by atoms with E-state index in [0.717, 1.165) is 9.79 Å². The molecular weight excluding hydrogens is 228 g/mol. The molecule has 0 heterocycles. The Balaban J connectivity index is 3.20. The summed E-state index contributed by atoms with van der Waals surface area (Å²) in [5.41, 5.74) is 0.681. The van der Waals surface area contributed by atoms with Gasteiger partial charge in [-0.2, -0.15) is 5.26 Å². The van der Waals surface area contributed by atoms with Crippen LogP contribution in [-0.2, 0) is 0 Å². The first-order valence-corrected chi connectivity index (χ1v) is 6.56. The average molecular weight is 238 g/mol. The number of thioether (sulfide) groups is 2. The van der Waals surface area contributed by atoms with Crippen LogP contribution >= 0.6 is 23.5 Å². The summed E-state index contributed by atoms with van der Waals surface area (Å²) < 4.78 is 0. The standard InChI is InChI=1S/C10H10N2OS2/c1-14-9-4-3-7(5-10(9)15-2)8(6-11)12-13/h3-5,13H,1-2H3/b12-8-. The van der Waals surface area contributed by atoms with E-state index in [9.17, 15) is 0 Å². The maximum atomic E-state index is 8.72. The van der Waals surface area contributed by atoms with Crippen LogP contribution in [0.5, 0.6) is 0 Å². The summed E-state index contributed by atoms with van der Waals surface area (Å²) >= 11 is 3.26. The summed E-state index contributed by atoms with van der Waals surface area (Å²) in [5, 5.41) is 20.3. The summed E-state index contributed by atoms with van der Waals surface area (Å²) in [6, 6.07) is 7.40. The van der Waals surface area contributed by atoms with Crippen LogP contribution in [0, 0.1) is 11.3 Å². The van der Waals surface area contributed by atoms with Crippen molar-refractivity contribution >= 4 is 29.2 Å². The zero-order valence-corrected chi connectivity index (χ0v) is 10.0. The quantitative estimate of drug-likeness (QED) is 0.381. The second kappa shape index (κ2) is 5.69. The summed E-state index contributed by atoms with van der Waals surface area (Å²) in [6.45, 7) is 0. The Bertz CT molecular complexity index is 424. The number of hydrogen-bond donors (Lipinski definition) is 1. The lowest BCUT2D eigenvalue weighted by Gasteiger charge is -2.05. The van der Waals surface area contributed by atoms with Gasteiger partial charge in [0.05, 0.1) is 0 Å². The van der Waals surface area contributed by atoms with Gasteiger partial charge in [0.25, 0.3) is 0 Å². The average Bonchev–Trinajstić information content (AvgIpc) is 2.30. The van der Waals surface area contributed by atoms with Crippen LogP contribution in [0.4, 0.5) is 0 Å². The van der Waals surface area contributed by atoms with Crippen LogP contribution in [0.2, 0.25) is 0 Å². The molecule has 1 rings (SSSR count). The van der Waals surface area contributed by atoms with Crippen LogP contribution in [0.1, 0.15) is 5.56 Å². The molecule has 0 aliphatic rings. The molecule has 0 aliphatic heterocycles. The van der Waals surface area contributed by atoms with Crippen molar-refractivity contribution in [2.75, 3.05) is 12.5 Å². The lowest BCUT2D eigenvalue weighted by molar-refractivity contribution is 0.320. The van der Waals surface area contributed by atoms with Crippen molar-refractivity contribution in [1.82, 2.24) is 0 Å². The van der Waals surface area contributed by atoms with E-state index in [-0.39, 0.29) is 5.71 Å². The normalized spacial score (nSPS) is 11.1. The molecule has 0 aliphatic carbocycles. The molecule has 0 unspecified atom stereocenters. The van der Waals surface area contributed by atoms with Gasteiger partial charge < -0.3 is 5.21 Å². The zero-order chi connectivity index (χ0) is 11.3. The molecule has 1 aromatic carbocycles. The summed E-state index contributed by atoms with van der Waals surface area (Å²) in [5.74, 6) is 0. The Morgan fingerprint density at radius 2 is 2.00 bits per heavy atom. The molecule has 0 amide bonds. The summed E-state index contributed by atoms with van der Waals surface area (Å²) in [4.78, 5) is 2.23. The van der Waals surface area contributed by atoms with Crippen molar-refractivity contribution < 1.29 is 5.21 Å². The van der Waals surface area contributed by atoms with E-state index in [2.05, 4.69) is 5.16 Å². The van der Waals surface area contributed by atoms with Crippen LogP contribution in [0.25, 0.3) is 0 Å². The van der Waals surface area contributed by atoms with Gasteiger partial charge in [-0.3, -0.25) is 0 Å². The van der Waals surface area contributed by atoms with E-state index < -0.39 is 0 Å². The van der Waals surface area contributed by atoms with Crippen LogP contribution < -0.4 is 0 Å². The third kappa shape index (κ3) is 2.67. The van der Waals surface area contributed by atoms with E-state index in [1.807, 2.05) is 30.7 Å². The molecule has 0 saturated carbocycles. The molecule has 5 heteroatoms. The second-order valence-electron chi connectivity index (χ2n) is 2.63. The fourth-order valence-corrected chi connectivity index (χ4v) is 2.61. The molecule has 0 atom stereocenters. The van der Waals surface area contributed by atoms with E-state index >= 15 is 0 Å². The molecule has 15 heavy (non-hydrogen) atoms. The molecule has 0 radical (unpaired) electrons. The van der Waals surface area contributed by atoms with Crippen molar-refractivity contribution in [3.63, 3.8) is 0 Å². The first kappa shape index (κ1) is 12.0. The maximum absolute atomic E-state index is 8.72. The van der Waals surface area contributed by atoms with Gasteiger partial charge in [0, 0.05) is 15.4 Å². The lowest BCUT2D eigenvalue weighted by Crippen LogP contribution is -1.97. The Hall–Kier alpha value is -1.12. The lowest BCUT2D eigenvalue weighted by atomic mass is 10.1. The number of hydrogen-bond acceptors (Lipinski definition) is 5. The fourth-order valence-electron chi connectivity index (χ4n) is 1.13. The summed E-state index contributed by atoms with van der Waals surface area (Å²) in [6.07, 6.45) is 3.97. The highest BCUT2D eigenvalue weighted by Crippen LogP contribution is 2.29. The number of nitrogens with zero attached hydrogens (tertiary/aromatic N) is 2. The monoisotopic (exact) mass is 238 g/mol. The van der Waals surface area contributed by atoms with Crippen LogP contribution in [0.15, 0.2) is 33.1 Å². The SMILES string of the molecule is CSc1ccc(/C(C#N)=N\O)cc1SC. The molecule has 0 aromatic heterocycles. The predicted octanol–water partition coefficient (Wildman–Crippen LogP) is 2.83.